The average molecular weight is 354 g/mol. The first-order valence-electron chi connectivity index (χ1n) is 8.85. The van der Waals surface area contributed by atoms with Crippen LogP contribution in [0.5, 0.6) is 5.75 Å². The van der Waals surface area contributed by atoms with E-state index in [1.165, 1.54) is 0 Å². The Kier molecular flexibility index (Phi) is 6.78. The molecular weight excluding hydrogens is 328 g/mol. The number of para-hydroxylation sites is 2. The fourth-order valence-electron chi connectivity index (χ4n) is 2.57. The summed E-state index contributed by atoms with van der Waals surface area (Å²) in [6.45, 7) is 8.16. The van der Waals surface area contributed by atoms with Crippen molar-refractivity contribution in [1.29, 1.82) is 0 Å². The molecule has 2 rings (SSSR count). The van der Waals surface area contributed by atoms with Gasteiger partial charge in [-0.1, -0.05) is 37.3 Å². The molecule has 0 aliphatic rings. The van der Waals surface area contributed by atoms with E-state index in [0.717, 1.165) is 17.5 Å². The average Bonchev–Trinajstić information content (AvgIpc) is 2.63. The van der Waals surface area contributed by atoms with Crippen molar-refractivity contribution in [2.45, 2.75) is 40.2 Å². The maximum absolute atomic E-state index is 12.6. The lowest BCUT2D eigenvalue weighted by Gasteiger charge is -2.19. The standard InChI is InChI=1S/C21H26N2O3/c1-5-13-22-21(25)17-11-6-7-12-18(17)23-20(24)16(4)26-19-14(2)9-8-10-15(19)3/h6-12,16H,5,13H2,1-4H3,(H,22,25)(H,23,24)/t16-/m1/s1. The molecule has 5 nitrogen and oxygen atoms in total. The van der Waals surface area contributed by atoms with Crippen LogP contribution in [0.4, 0.5) is 5.69 Å². The van der Waals surface area contributed by atoms with Gasteiger partial charge in [-0.2, -0.15) is 0 Å². The molecule has 0 spiro atoms. The van der Waals surface area contributed by atoms with Crippen molar-refractivity contribution >= 4 is 17.5 Å². The van der Waals surface area contributed by atoms with Gasteiger partial charge in [0.15, 0.2) is 6.10 Å². The van der Waals surface area contributed by atoms with Crippen LogP contribution in [0.1, 0.15) is 41.8 Å². The first-order valence-corrected chi connectivity index (χ1v) is 8.85. The van der Waals surface area contributed by atoms with Crippen LogP contribution in [0, 0.1) is 13.8 Å². The topological polar surface area (TPSA) is 67.4 Å². The van der Waals surface area contributed by atoms with E-state index in [1.54, 1.807) is 31.2 Å². The number of nitrogens with one attached hydrogen (secondary N) is 2. The van der Waals surface area contributed by atoms with Crippen LogP contribution in [0.25, 0.3) is 0 Å². The van der Waals surface area contributed by atoms with Crippen LogP contribution in [0.15, 0.2) is 42.5 Å². The molecule has 0 saturated carbocycles. The van der Waals surface area contributed by atoms with Crippen molar-refractivity contribution in [3.8, 4) is 5.75 Å². The quantitative estimate of drug-likeness (QED) is 0.794. The molecule has 0 aliphatic carbocycles. The molecule has 0 saturated heterocycles. The monoisotopic (exact) mass is 354 g/mol. The molecule has 2 N–H and O–H groups in total. The fourth-order valence-corrected chi connectivity index (χ4v) is 2.57. The number of carbonyl (C=O) groups excluding carboxylic acids is 2. The fraction of sp³-hybridized carbons (Fsp3) is 0.333. The molecule has 2 amide bonds. The predicted molar refractivity (Wildman–Crippen MR) is 104 cm³/mol. The smallest absolute Gasteiger partial charge is 0.265 e. The van der Waals surface area contributed by atoms with Gasteiger partial charge in [0.05, 0.1) is 11.3 Å². The van der Waals surface area contributed by atoms with Crippen molar-refractivity contribution in [2.24, 2.45) is 0 Å². The molecule has 2 aromatic rings. The number of benzene rings is 2. The zero-order chi connectivity index (χ0) is 19.1. The van der Waals surface area contributed by atoms with E-state index < -0.39 is 6.10 Å². The normalized spacial score (nSPS) is 11.5. The molecule has 0 aromatic heterocycles. The second-order valence-corrected chi connectivity index (χ2v) is 6.27. The van der Waals surface area contributed by atoms with E-state index in [2.05, 4.69) is 10.6 Å². The SMILES string of the molecule is CCCNC(=O)c1ccccc1NC(=O)[C@@H](C)Oc1c(C)cccc1C. The third kappa shape index (κ3) is 4.85. The molecule has 0 radical (unpaired) electrons. The minimum atomic E-state index is -0.693. The van der Waals surface area contributed by atoms with Gasteiger partial charge in [-0.3, -0.25) is 9.59 Å². The van der Waals surface area contributed by atoms with Gasteiger partial charge >= 0.3 is 0 Å². The van der Waals surface area contributed by atoms with E-state index in [9.17, 15) is 9.59 Å². The molecule has 0 aliphatic heterocycles. The molecule has 5 heteroatoms. The van der Waals surface area contributed by atoms with Crippen LogP contribution in [0.2, 0.25) is 0 Å². The van der Waals surface area contributed by atoms with E-state index in [4.69, 9.17) is 4.74 Å². The highest BCUT2D eigenvalue weighted by Gasteiger charge is 2.19. The van der Waals surface area contributed by atoms with Crippen LogP contribution in [0.3, 0.4) is 0 Å². The highest BCUT2D eigenvalue weighted by atomic mass is 16.5. The summed E-state index contributed by atoms with van der Waals surface area (Å²) < 4.78 is 5.86. The van der Waals surface area contributed by atoms with Crippen LogP contribution < -0.4 is 15.4 Å². The lowest BCUT2D eigenvalue weighted by Crippen LogP contribution is -2.32. The predicted octanol–water partition coefficient (Wildman–Crippen LogP) is 3.85. The highest BCUT2D eigenvalue weighted by molar-refractivity contribution is 6.04. The van der Waals surface area contributed by atoms with E-state index >= 15 is 0 Å². The molecule has 2 aromatic carbocycles. The molecular formula is C21H26N2O3. The number of amides is 2. The first kappa shape index (κ1) is 19.5. The van der Waals surface area contributed by atoms with E-state index in [-0.39, 0.29) is 11.8 Å². The van der Waals surface area contributed by atoms with Gasteiger partial charge in [-0.15, -0.1) is 0 Å². The minimum Gasteiger partial charge on any atom is -0.480 e. The third-order valence-corrected chi connectivity index (χ3v) is 4.04. The highest BCUT2D eigenvalue weighted by Crippen LogP contribution is 2.24. The Morgan fingerprint density at radius 2 is 1.69 bits per heavy atom. The van der Waals surface area contributed by atoms with Crippen molar-refractivity contribution < 1.29 is 14.3 Å². The summed E-state index contributed by atoms with van der Waals surface area (Å²) in [6, 6.07) is 12.8. The minimum absolute atomic E-state index is 0.203. The van der Waals surface area contributed by atoms with Gasteiger partial charge in [0.25, 0.3) is 11.8 Å². The Hall–Kier alpha value is -2.82. The van der Waals surface area contributed by atoms with Gasteiger partial charge < -0.3 is 15.4 Å². The van der Waals surface area contributed by atoms with Crippen molar-refractivity contribution in [3.63, 3.8) is 0 Å². The summed E-state index contributed by atoms with van der Waals surface area (Å²) in [5.41, 5.74) is 2.87. The summed E-state index contributed by atoms with van der Waals surface area (Å²) >= 11 is 0. The van der Waals surface area contributed by atoms with Crippen molar-refractivity contribution in [3.05, 3.63) is 59.2 Å². The van der Waals surface area contributed by atoms with E-state index in [1.807, 2.05) is 39.0 Å². The summed E-state index contributed by atoms with van der Waals surface area (Å²) in [5.74, 6) is 0.207. The maximum atomic E-state index is 12.6. The van der Waals surface area contributed by atoms with Gasteiger partial charge in [0.1, 0.15) is 5.75 Å². The Bertz CT molecular complexity index is 766. The second-order valence-electron chi connectivity index (χ2n) is 6.27. The summed E-state index contributed by atoms with van der Waals surface area (Å²) in [4.78, 5) is 24.8. The summed E-state index contributed by atoms with van der Waals surface area (Å²) in [5, 5.41) is 5.63. The summed E-state index contributed by atoms with van der Waals surface area (Å²) in [6.07, 6.45) is 0.155. The summed E-state index contributed by atoms with van der Waals surface area (Å²) in [7, 11) is 0. The van der Waals surface area contributed by atoms with Crippen LogP contribution in [-0.2, 0) is 4.79 Å². The largest absolute Gasteiger partial charge is 0.480 e. The van der Waals surface area contributed by atoms with E-state index in [0.29, 0.717) is 23.5 Å². The van der Waals surface area contributed by atoms with Gasteiger partial charge in [0, 0.05) is 6.54 Å². The Balaban J connectivity index is 2.11. The number of carbonyl (C=O) groups is 2. The number of hydrogen-bond donors (Lipinski definition) is 2. The molecule has 0 unspecified atom stereocenters. The zero-order valence-electron chi connectivity index (χ0n) is 15.8. The zero-order valence-corrected chi connectivity index (χ0v) is 15.8. The molecule has 1 atom stereocenters. The Labute approximate surface area is 154 Å². The molecule has 138 valence electrons. The number of anilines is 1. The molecule has 26 heavy (non-hydrogen) atoms. The van der Waals surface area contributed by atoms with Gasteiger partial charge in [-0.05, 0) is 50.5 Å². The number of aryl methyl sites for hydroxylation is 2. The number of rotatable bonds is 7. The molecule has 0 fully saturated rings. The number of ether oxygens (including phenoxy) is 1. The van der Waals surface area contributed by atoms with Crippen molar-refractivity contribution in [1.82, 2.24) is 5.32 Å². The first-order chi connectivity index (χ1) is 12.4. The lowest BCUT2D eigenvalue weighted by molar-refractivity contribution is -0.122. The maximum Gasteiger partial charge on any atom is 0.265 e. The lowest BCUT2D eigenvalue weighted by atomic mass is 10.1. The number of hydrogen-bond acceptors (Lipinski definition) is 3. The Morgan fingerprint density at radius 1 is 1.04 bits per heavy atom. The van der Waals surface area contributed by atoms with Gasteiger partial charge in [-0.25, -0.2) is 0 Å². The third-order valence-electron chi connectivity index (χ3n) is 4.04. The van der Waals surface area contributed by atoms with Crippen molar-refractivity contribution in [2.75, 3.05) is 11.9 Å². The second kappa shape index (κ2) is 9.04. The Morgan fingerprint density at radius 3 is 2.35 bits per heavy atom. The van der Waals surface area contributed by atoms with Crippen LogP contribution in [-0.4, -0.2) is 24.5 Å². The molecule has 0 bridgehead atoms. The van der Waals surface area contributed by atoms with Gasteiger partial charge in [0.2, 0.25) is 0 Å². The molecule has 0 heterocycles. The van der Waals surface area contributed by atoms with Crippen LogP contribution >= 0.6 is 0 Å².